The van der Waals surface area contributed by atoms with Crippen LogP contribution in [0.15, 0.2) is 58.5 Å². The number of thiazole rings is 1. The van der Waals surface area contributed by atoms with E-state index in [9.17, 15) is 13.2 Å². The van der Waals surface area contributed by atoms with Crippen molar-refractivity contribution in [2.45, 2.75) is 26.3 Å². The Bertz CT molecular complexity index is 1410. The lowest BCUT2D eigenvalue weighted by Crippen LogP contribution is -2.13. The number of benzene rings is 1. The van der Waals surface area contributed by atoms with Crippen LogP contribution in [0.5, 0.6) is 0 Å². The second-order valence-corrected chi connectivity index (χ2v) is 11.3. The van der Waals surface area contributed by atoms with E-state index in [-0.39, 0.29) is 29.2 Å². The first-order valence-corrected chi connectivity index (χ1v) is 13.3. The zero-order valence-corrected chi connectivity index (χ0v) is 19.9. The zero-order valence-electron chi connectivity index (χ0n) is 18.2. The third-order valence-electron chi connectivity index (χ3n) is 5.97. The maximum absolute atomic E-state index is 12.1. The van der Waals surface area contributed by atoms with Crippen LogP contribution in [0.3, 0.4) is 0 Å². The molecule has 1 saturated heterocycles. The molecule has 1 atom stereocenters. The first kappa shape index (κ1) is 21.7. The maximum Gasteiger partial charge on any atom is 0.291 e. The van der Waals surface area contributed by atoms with Gasteiger partial charge in [0.2, 0.25) is 0 Å². The topological polar surface area (TPSA) is 94.2 Å². The highest BCUT2D eigenvalue weighted by atomic mass is 32.2. The number of rotatable bonds is 5. The number of carbonyl (C=O) groups excluding carboxylic acids is 1. The third kappa shape index (κ3) is 4.26. The van der Waals surface area contributed by atoms with Crippen LogP contribution < -0.4 is 5.32 Å². The van der Waals surface area contributed by atoms with Crippen molar-refractivity contribution in [1.29, 1.82) is 0 Å². The van der Waals surface area contributed by atoms with Gasteiger partial charge in [0.15, 0.2) is 15.6 Å². The molecule has 0 radical (unpaired) electrons. The summed E-state index contributed by atoms with van der Waals surface area (Å²) in [6.45, 7) is 4.05. The van der Waals surface area contributed by atoms with Gasteiger partial charge < -0.3 is 14.3 Å². The van der Waals surface area contributed by atoms with E-state index >= 15 is 0 Å². The molecular formula is C24H23N3O4S2. The van der Waals surface area contributed by atoms with Crippen molar-refractivity contribution in [2.75, 3.05) is 16.8 Å². The van der Waals surface area contributed by atoms with Gasteiger partial charge in [-0.15, -0.1) is 11.3 Å². The monoisotopic (exact) mass is 481 g/mol. The van der Waals surface area contributed by atoms with Gasteiger partial charge in [0.25, 0.3) is 5.91 Å². The molecule has 7 nitrogen and oxygen atoms in total. The van der Waals surface area contributed by atoms with Gasteiger partial charge in [0.1, 0.15) is 5.01 Å². The lowest BCUT2D eigenvalue weighted by atomic mass is 10.2. The van der Waals surface area contributed by atoms with Crippen molar-refractivity contribution in [3.8, 4) is 21.8 Å². The lowest BCUT2D eigenvalue weighted by Gasteiger charge is -2.16. The Morgan fingerprint density at radius 3 is 2.67 bits per heavy atom. The molecule has 1 amide bonds. The van der Waals surface area contributed by atoms with E-state index in [1.54, 1.807) is 23.5 Å². The third-order valence-corrected chi connectivity index (χ3v) is 8.61. The fraction of sp³-hybridized carbons (Fsp3) is 0.250. The van der Waals surface area contributed by atoms with Gasteiger partial charge in [-0.1, -0.05) is 0 Å². The van der Waals surface area contributed by atoms with Crippen molar-refractivity contribution in [3.05, 3.63) is 71.3 Å². The highest BCUT2D eigenvalue weighted by Crippen LogP contribution is 2.35. The number of hydrogen-bond donors (Lipinski definition) is 1. The molecular weight excluding hydrogens is 458 g/mol. The van der Waals surface area contributed by atoms with E-state index in [1.807, 2.05) is 43.5 Å². The van der Waals surface area contributed by atoms with Crippen molar-refractivity contribution in [1.82, 2.24) is 9.55 Å². The first-order valence-electron chi connectivity index (χ1n) is 10.6. The molecule has 1 aliphatic heterocycles. The summed E-state index contributed by atoms with van der Waals surface area (Å²) >= 11 is 1.55. The van der Waals surface area contributed by atoms with Gasteiger partial charge in [0.05, 0.1) is 23.5 Å². The van der Waals surface area contributed by atoms with Gasteiger partial charge in [0, 0.05) is 39.6 Å². The standard InChI is InChI=1S/C24H23N3O4S2/c1-15-12-20(16(2)27(15)19-9-11-33(29,30)14-19)21-13-32-24(26-21)17-5-7-18(8-6-17)25-23(28)22-4-3-10-31-22/h3-8,10,12-13,19H,9,11,14H2,1-2H3,(H,25,28). The molecule has 33 heavy (non-hydrogen) atoms. The first-order chi connectivity index (χ1) is 15.8. The smallest absolute Gasteiger partial charge is 0.291 e. The summed E-state index contributed by atoms with van der Waals surface area (Å²) in [5.41, 5.74) is 5.63. The van der Waals surface area contributed by atoms with Crippen LogP contribution in [0.1, 0.15) is 34.4 Å². The van der Waals surface area contributed by atoms with Crippen molar-refractivity contribution in [3.63, 3.8) is 0 Å². The number of furan rings is 1. The Labute approximate surface area is 196 Å². The average Bonchev–Trinajstić information content (AvgIpc) is 3.56. The number of nitrogens with zero attached hydrogens (tertiary/aromatic N) is 2. The number of aromatic nitrogens is 2. The number of aryl methyl sites for hydroxylation is 1. The molecule has 0 aliphatic carbocycles. The summed E-state index contributed by atoms with van der Waals surface area (Å²) in [5.74, 6) is 0.419. The molecule has 0 spiro atoms. The second kappa shape index (κ2) is 8.31. The SMILES string of the molecule is Cc1cc(-c2csc(-c3ccc(NC(=O)c4ccco4)cc3)n2)c(C)n1C1CCS(=O)(=O)C1. The predicted molar refractivity (Wildman–Crippen MR) is 129 cm³/mol. The molecule has 1 aliphatic rings. The number of sulfone groups is 1. The van der Waals surface area contributed by atoms with Crippen LogP contribution >= 0.6 is 11.3 Å². The van der Waals surface area contributed by atoms with E-state index in [0.29, 0.717) is 12.1 Å². The predicted octanol–water partition coefficient (Wildman–Crippen LogP) is 5.10. The summed E-state index contributed by atoms with van der Waals surface area (Å²) in [6, 6.07) is 12.9. The summed E-state index contributed by atoms with van der Waals surface area (Å²) in [6.07, 6.45) is 2.12. The van der Waals surface area contributed by atoms with Crippen LogP contribution in [0, 0.1) is 13.8 Å². The summed E-state index contributed by atoms with van der Waals surface area (Å²) in [7, 11) is -2.95. The minimum Gasteiger partial charge on any atom is -0.459 e. The molecule has 1 fully saturated rings. The highest BCUT2D eigenvalue weighted by Gasteiger charge is 2.31. The number of hydrogen-bond acceptors (Lipinski definition) is 6. The summed E-state index contributed by atoms with van der Waals surface area (Å²) < 4.78 is 31.2. The van der Waals surface area contributed by atoms with Crippen LogP contribution in [-0.4, -0.2) is 35.4 Å². The van der Waals surface area contributed by atoms with Crippen LogP contribution in [0.2, 0.25) is 0 Å². The van der Waals surface area contributed by atoms with E-state index < -0.39 is 9.84 Å². The van der Waals surface area contributed by atoms with Gasteiger partial charge in [-0.2, -0.15) is 0 Å². The minimum atomic E-state index is -2.95. The number of amides is 1. The van der Waals surface area contributed by atoms with Gasteiger partial charge in [-0.3, -0.25) is 4.79 Å². The van der Waals surface area contributed by atoms with Crippen molar-refractivity contribution < 1.29 is 17.6 Å². The Morgan fingerprint density at radius 1 is 1.21 bits per heavy atom. The molecule has 9 heteroatoms. The van der Waals surface area contributed by atoms with Crippen LogP contribution in [0.25, 0.3) is 21.8 Å². The molecule has 0 saturated carbocycles. The molecule has 1 aromatic carbocycles. The quantitative estimate of drug-likeness (QED) is 0.428. The highest BCUT2D eigenvalue weighted by molar-refractivity contribution is 7.91. The number of carbonyl (C=O) groups is 1. The Hall–Kier alpha value is -3.17. The van der Waals surface area contributed by atoms with Crippen molar-refractivity contribution in [2.24, 2.45) is 0 Å². The fourth-order valence-electron chi connectivity index (χ4n) is 4.40. The molecule has 4 aromatic rings. The maximum atomic E-state index is 12.1. The molecule has 1 N–H and O–H groups in total. The molecule has 170 valence electrons. The van der Waals surface area contributed by atoms with E-state index in [1.165, 1.54) is 6.26 Å². The lowest BCUT2D eigenvalue weighted by molar-refractivity contribution is 0.0996. The number of anilines is 1. The van der Waals surface area contributed by atoms with Crippen LogP contribution in [-0.2, 0) is 9.84 Å². The fourth-order valence-corrected chi connectivity index (χ4v) is 6.93. The van der Waals surface area contributed by atoms with E-state index in [0.717, 1.165) is 33.2 Å². The van der Waals surface area contributed by atoms with Crippen molar-refractivity contribution >= 4 is 32.8 Å². The van der Waals surface area contributed by atoms with E-state index in [4.69, 9.17) is 9.40 Å². The van der Waals surface area contributed by atoms with E-state index in [2.05, 4.69) is 16.0 Å². The van der Waals surface area contributed by atoms with Crippen LogP contribution in [0.4, 0.5) is 5.69 Å². The van der Waals surface area contributed by atoms with Gasteiger partial charge >= 0.3 is 0 Å². The zero-order chi connectivity index (χ0) is 23.2. The summed E-state index contributed by atoms with van der Waals surface area (Å²) in [4.78, 5) is 17.0. The normalized spacial score (nSPS) is 17.3. The Kier molecular flexibility index (Phi) is 5.46. The Morgan fingerprint density at radius 2 is 2.00 bits per heavy atom. The van der Waals surface area contributed by atoms with Gasteiger partial charge in [-0.05, 0) is 62.7 Å². The summed E-state index contributed by atoms with van der Waals surface area (Å²) in [5, 5.41) is 5.71. The second-order valence-electron chi connectivity index (χ2n) is 8.26. The molecule has 3 aromatic heterocycles. The molecule has 5 rings (SSSR count). The minimum absolute atomic E-state index is 0.00853. The number of nitrogens with one attached hydrogen (secondary N) is 1. The Balaban J connectivity index is 1.35. The van der Waals surface area contributed by atoms with Gasteiger partial charge in [-0.25, -0.2) is 13.4 Å². The molecule has 1 unspecified atom stereocenters. The largest absolute Gasteiger partial charge is 0.459 e. The molecule has 4 heterocycles. The molecule has 0 bridgehead atoms. The average molecular weight is 482 g/mol.